The van der Waals surface area contributed by atoms with E-state index in [1.807, 2.05) is 41.9 Å². The Hall–Kier alpha value is -3.71. The van der Waals surface area contributed by atoms with Crippen molar-refractivity contribution < 1.29 is 13.6 Å². The highest BCUT2D eigenvalue weighted by Crippen LogP contribution is 2.53. The quantitative estimate of drug-likeness (QED) is 0.377. The summed E-state index contributed by atoms with van der Waals surface area (Å²) >= 11 is 0. The van der Waals surface area contributed by atoms with Crippen molar-refractivity contribution in [3.8, 4) is 6.07 Å². The SMILES string of the molecule is C[C@@H]1CN(Cc2cc(C(=O)Nc3cccc(C4(c5nncn5C)CC(CC#N)C4)c3)nc3c2CCC3(C)C)CCC1(F)F. The highest BCUT2D eigenvalue weighted by atomic mass is 19.3. The van der Waals surface area contributed by atoms with Gasteiger partial charge in [0.1, 0.15) is 17.8 Å². The van der Waals surface area contributed by atoms with Crippen molar-refractivity contribution in [1.29, 1.82) is 5.26 Å². The van der Waals surface area contributed by atoms with Crippen molar-refractivity contribution in [1.82, 2.24) is 24.6 Å². The molecule has 6 rings (SSSR count). The van der Waals surface area contributed by atoms with Gasteiger partial charge >= 0.3 is 0 Å². The molecule has 0 bridgehead atoms. The van der Waals surface area contributed by atoms with Gasteiger partial charge in [0, 0.05) is 56.5 Å². The number of amides is 1. The molecule has 1 saturated heterocycles. The molecule has 0 radical (unpaired) electrons. The molecule has 1 saturated carbocycles. The van der Waals surface area contributed by atoms with Crippen LogP contribution in [0.25, 0.3) is 0 Å². The molecule has 8 nitrogen and oxygen atoms in total. The summed E-state index contributed by atoms with van der Waals surface area (Å²) in [5.41, 5.74) is 4.55. The second-order valence-electron chi connectivity index (χ2n) is 13.5. The number of fused-ring (bicyclic) bond motifs is 1. The molecule has 10 heteroatoms. The number of aryl methyl sites for hydroxylation is 1. The van der Waals surface area contributed by atoms with Crippen LogP contribution in [-0.2, 0) is 30.8 Å². The molecule has 0 unspecified atom stereocenters. The van der Waals surface area contributed by atoms with Crippen molar-refractivity contribution >= 4 is 11.6 Å². The Kier molecular flexibility index (Phi) is 7.36. The number of piperidine rings is 1. The molecular formula is C33H39F2N7O. The van der Waals surface area contributed by atoms with Crippen LogP contribution in [0.15, 0.2) is 36.7 Å². The first-order valence-electron chi connectivity index (χ1n) is 15.2. The number of nitriles is 1. The number of carbonyl (C=O) groups excluding carboxylic acids is 1. The molecular weight excluding hydrogens is 548 g/mol. The summed E-state index contributed by atoms with van der Waals surface area (Å²) in [7, 11) is 1.93. The highest BCUT2D eigenvalue weighted by molar-refractivity contribution is 6.03. The summed E-state index contributed by atoms with van der Waals surface area (Å²) in [5, 5.41) is 20.8. The number of hydrogen-bond donors (Lipinski definition) is 1. The molecule has 1 atom stereocenters. The molecule has 2 aliphatic carbocycles. The number of carbonyl (C=O) groups is 1. The van der Waals surface area contributed by atoms with Gasteiger partial charge in [-0.3, -0.25) is 9.69 Å². The molecule has 2 aromatic heterocycles. The van der Waals surface area contributed by atoms with E-state index < -0.39 is 11.8 Å². The Morgan fingerprint density at radius 2 is 2.00 bits per heavy atom. The second kappa shape index (κ2) is 10.8. The molecule has 1 N–H and O–H groups in total. The number of anilines is 1. The van der Waals surface area contributed by atoms with Crippen LogP contribution in [0.1, 0.15) is 91.6 Å². The zero-order valence-corrected chi connectivity index (χ0v) is 25.3. The third kappa shape index (κ3) is 5.33. The Bertz CT molecular complexity index is 1580. The van der Waals surface area contributed by atoms with Crippen LogP contribution in [0, 0.1) is 23.2 Å². The number of likely N-dealkylation sites (tertiary alicyclic amines) is 1. The first-order valence-corrected chi connectivity index (χ1v) is 15.2. The lowest BCUT2D eigenvalue weighted by molar-refractivity contribution is -0.100. The second-order valence-corrected chi connectivity index (χ2v) is 13.5. The fraction of sp³-hybridized carbons (Fsp3) is 0.545. The maximum absolute atomic E-state index is 14.2. The monoisotopic (exact) mass is 587 g/mol. The van der Waals surface area contributed by atoms with E-state index >= 15 is 0 Å². The Labute approximate surface area is 251 Å². The summed E-state index contributed by atoms with van der Waals surface area (Å²) in [4.78, 5) is 20.7. The smallest absolute Gasteiger partial charge is 0.274 e. The summed E-state index contributed by atoms with van der Waals surface area (Å²) < 4.78 is 30.3. The Balaban J connectivity index is 1.27. The number of hydrogen-bond acceptors (Lipinski definition) is 6. The van der Waals surface area contributed by atoms with Crippen LogP contribution in [0.3, 0.4) is 0 Å². The molecule has 226 valence electrons. The third-order valence-corrected chi connectivity index (χ3v) is 9.97. The first kappa shape index (κ1) is 29.4. The van der Waals surface area contributed by atoms with Gasteiger partial charge in [-0.05, 0) is 66.5 Å². The van der Waals surface area contributed by atoms with Gasteiger partial charge in [0.15, 0.2) is 0 Å². The van der Waals surface area contributed by atoms with Gasteiger partial charge in [0.05, 0.1) is 17.2 Å². The van der Waals surface area contributed by atoms with Crippen molar-refractivity contribution in [2.45, 2.75) is 82.6 Å². The van der Waals surface area contributed by atoms with E-state index in [4.69, 9.17) is 4.98 Å². The zero-order valence-electron chi connectivity index (χ0n) is 25.3. The lowest BCUT2D eigenvalue weighted by Crippen LogP contribution is -2.45. The molecule has 0 spiro atoms. The van der Waals surface area contributed by atoms with Crippen LogP contribution >= 0.6 is 0 Å². The third-order valence-electron chi connectivity index (χ3n) is 9.97. The van der Waals surface area contributed by atoms with Gasteiger partial charge < -0.3 is 9.88 Å². The minimum Gasteiger partial charge on any atom is -0.321 e. The molecule has 2 fully saturated rings. The lowest BCUT2D eigenvalue weighted by atomic mass is 9.57. The van der Waals surface area contributed by atoms with E-state index in [-0.39, 0.29) is 29.1 Å². The number of rotatable bonds is 7. The molecule has 3 aliphatic rings. The van der Waals surface area contributed by atoms with Crippen LogP contribution in [0.4, 0.5) is 14.5 Å². The van der Waals surface area contributed by atoms with E-state index in [0.29, 0.717) is 37.4 Å². The fourth-order valence-electron chi connectivity index (χ4n) is 7.38. The molecule has 1 aliphatic heterocycles. The van der Waals surface area contributed by atoms with E-state index in [0.717, 1.165) is 53.9 Å². The molecule has 3 aromatic rings. The van der Waals surface area contributed by atoms with Crippen LogP contribution in [-0.4, -0.2) is 49.6 Å². The Morgan fingerprint density at radius 3 is 2.70 bits per heavy atom. The van der Waals surface area contributed by atoms with Crippen molar-refractivity contribution in [3.05, 3.63) is 70.6 Å². The predicted molar refractivity (Wildman–Crippen MR) is 159 cm³/mol. The Morgan fingerprint density at radius 1 is 1.21 bits per heavy atom. The van der Waals surface area contributed by atoms with E-state index in [2.05, 4.69) is 40.3 Å². The van der Waals surface area contributed by atoms with Gasteiger partial charge in [-0.15, -0.1) is 10.2 Å². The topological polar surface area (TPSA) is 99.7 Å². The number of benzene rings is 1. The minimum absolute atomic E-state index is 0.149. The van der Waals surface area contributed by atoms with Crippen molar-refractivity contribution in [2.75, 3.05) is 18.4 Å². The normalized spacial score (nSPS) is 25.9. The number of pyridine rings is 1. The minimum atomic E-state index is -2.64. The highest BCUT2D eigenvalue weighted by Gasteiger charge is 2.50. The van der Waals surface area contributed by atoms with Crippen LogP contribution < -0.4 is 5.32 Å². The zero-order chi connectivity index (χ0) is 30.6. The van der Waals surface area contributed by atoms with Gasteiger partial charge in [-0.1, -0.05) is 32.9 Å². The molecule has 1 aromatic carbocycles. The van der Waals surface area contributed by atoms with Gasteiger partial charge in [-0.25, -0.2) is 13.8 Å². The summed E-state index contributed by atoms with van der Waals surface area (Å²) in [6.45, 7) is 7.09. The van der Waals surface area contributed by atoms with Gasteiger partial charge in [0.2, 0.25) is 0 Å². The number of nitrogens with one attached hydrogen (secondary N) is 1. The number of nitrogens with zero attached hydrogens (tertiary/aromatic N) is 6. The predicted octanol–water partition coefficient (Wildman–Crippen LogP) is 5.77. The van der Waals surface area contributed by atoms with E-state index in [1.165, 1.54) is 0 Å². The van der Waals surface area contributed by atoms with Crippen molar-refractivity contribution in [3.63, 3.8) is 0 Å². The fourth-order valence-corrected chi connectivity index (χ4v) is 7.38. The molecule has 1 amide bonds. The average Bonchev–Trinajstić information content (AvgIpc) is 3.50. The maximum atomic E-state index is 14.2. The molecule has 3 heterocycles. The summed E-state index contributed by atoms with van der Waals surface area (Å²) in [6.07, 6.45) is 5.41. The largest absolute Gasteiger partial charge is 0.321 e. The van der Waals surface area contributed by atoms with E-state index in [1.54, 1.807) is 13.3 Å². The van der Waals surface area contributed by atoms with Crippen LogP contribution in [0.2, 0.25) is 0 Å². The number of aromatic nitrogens is 4. The van der Waals surface area contributed by atoms with E-state index in [9.17, 15) is 18.8 Å². The van der Waals surface area contributed by atoms with Crippen LogP contribution in [0.5, 0.6) is 0 Å². The maximum Gasteiger partial charge on any atom is 0.274 e. The molecule has 43 heavy (non-hydrogen) atoms. The average molecular weight is 588 g/mol. The number of alkyl halides is 2. The first-order chi connectivity index (χ1) is 20.4. The number of halogens is 2. The van der Waals surface area contributed by atoms with Gasteiger partial charge in [-0.2, -0.15) is 5.26 Å². The summed E-state index contributed by atoms with van der Waals surface area (Å²) in [5.74, 6) is -2.52. The summed E-state index contributed by atoms with van der Waals surface area (Å²) in [6, 6.07) is 12.0. The van der Waals surface area contributed by atoms with Crippen molar-refractivity contribution in [2.24, 2.45) is 18.9 Å². The lowest BCUT2D eigenvalue weighted by Gasteiger charge is -2.46. The standard InChI is InChI=1S/C33H39F2N7O/c1-21-18-42(13-11-33(21,34)35)19-23-14-27(39-28-26(23)8-10-31(28,2)3)29(43)38-25-7-5-6-24(15-25)32(16-22(17-32)9-12-36)30-40-37-20-41(30)4/h5-7,14-15,20-22H,8-11,13,16-19H2,1-4H3,(H,38,43)/t21-,22?,32?/m1/s1. The van der Waals surface area contributed by atoms with Gasteiger partial charge in [0.25, 0.3) is 11.8 Å².